The molecule has 150 valence electrons. The molecule has 1 aromatic carbocycles. The van der Waals surface area contributed by atoms with Crippen LogP contribution >= 0.6 is 39.0 Å². The number of nitro groups is 1. The third-order valence-corrected chi connectivity index (χ3v) is 7.55. The summed E-state index contributed by atoms with van der Waals surface area (Å²) in [6, 6.07) is 4.12. The molecule has 11 heteroatoms. The summed E-state index contributed by atoms with van der Waals surface area (Å²) < 4.78 is 1.91. The van der Waals surface area contributed by atoms with Gasteiger partial charge in [0.15, 0.2) is 5.16 Å². The predicted octanol–water partition coefficient (Wildman–Crippen LogP) is 3.89. The number of thiophene rings is 1. The third-order valence-electron chi connectivity index (χ3n) is 4.68. The molecule has 0 bridgehead atoms. The number of nitrogens with one attached hydrogen (secondary N) is 1. The Hall–Kier alpha value is -2.24. The Morgan fingerprint density at radius 3 is 2.97 bits per heavy atom. The van der Waals surface area contributed by atoms with E-state index in [-0.39, 0.29) is 22.9 Å². The van der Waals surface area contributed by atoms with E-state index >= 15 is 0 Å². The number of carbonyl (C=O) groups is 1. The molecule has 0 saturated carbocycles. The number of hydrogen-bond donors (Lipinski definition) is 1. The van der Waals surface area contributed by atoms with Crippen LogP contribution in [0.4, 0.5) is 11.4 Å². The largest absolute Gasteiger partial charge is 0.324 e. The summed E-state index contributed by atoms with van der Waals surface area (Å²) in [6.45, 7) is 0. The minimum absolute atomic E-state index is 0.0559. The van der Waals surface area contributed by atoms with E-state index in [2.05, 4.69) is 26.2 Å². The molecule has 0 fully saturated rings. The van der Waals surface area contributed by atoms with Crippen LogP contribution in [0.15, 0.2) is 32.6 Å². The molecule has 29 heavy (non-hydrogen) atoms. The number of aryl methyl sites for hydroxylation is 2. The average Bonchev–Trinajstić information content (AvgIpc) is 3.25. The van der Waals surface area contributed by atoms with E-state index in [4.69, 9.17) is 0 Å². The number of amides is 1. The van der Waals surface area contributed by atoms with Crippen LogP contribution in [0, 0.1) is 10.1 Å². The van der Waals surface area contributed by atoms with E-state index in [1.807, 2.05) is 0 Å². The summed E-state index contributed by atoms with van der Waals surface area (Å²) in [5.41, 5.74) is 1.43. The van der Waals surface area contributed by atoms with Gasteiger partial charge in [-0.1, -0.05) is 11.8 Å². The molecule has 1 N–H and O–H groups in total. The van der Waals surface area contributed by atoms with Crippen LogP contribution in [-0.4, -0.2) is 26.1 Å². The number of aromatic nitrogens is 2. The second-order valence-corrected chi connectivity index (χ2v) is 9.43. The highest BCUT2D eigenvalue weighted by atomic mass is 79.9. The standard InChI is InChI=1S/C18H15BrN4O4S2/c1-22-17(25)15-10-3-2-4-13(10)29-16(15)21-18(22)28-8-14(24)20-12-6-5-9(23(26)27)7-11(12)19/h5-7H,2-4,8H2,1H3,(H,20,24). The molecule has 2 aromatic heterocycles. The van der Waals surface area contributed by atoms with Crippen molar-refractivity contribution in [3.05, 3.63) is 53.6 Å². The normalized spacial score (nSPS) is 12.9. The Morgan fingerprint density at radius 2 is 2.24 bits per heavy atom. The topological polar surface area (TPSA) is 107 Å². The number of nitro benzene ring substituents is 1. The molecular formula is C18H15BrN4O4S2. The number of fused-ring (bicyclic) bond motifs is 3. The summed E-state index contributed by atoms with van der Waals surface area (Å²) in [7, 11) is 1.67. The van der Waals surface area contributed by atoms with Gasteiger partial charge >= 0.3 is 0 Å². The van der Waals surface area contributed by atoms with Gasteiger partial charge < -0.3 is 5.32 Å². The van der Waals surface area contributed by atoms with Crippen molar-refractivity contribution < 1.29 is 9.72 Å². The molecule has 4 rings (SSSR count). The number of thioether (sulfide) groups is 1. The van der Waals surface area contributed by atoms with Gasteiger partial charge in [-0.25, -0.2) is 4.98 Å². The molecule has 0 atom stereocenters. The molecule has 0 saturated heterocycles. The lowest BCUT2D eigenvalue weighted by Gasteiger charge is -2.09. The Bertz CT molecular complexity index is 1220. The molecule has 0 spiro atoms. The van der Waals surface area contributed by atoms with Crippen LogP contribution in [-0.2, 0) is 24.7 Å². The summed E-state index contributed by atoms with van der Waals surface area (Å²) in [4.78, 5) is 42.0. The summed E-state index contributed by atoms with van der Waals surface area (Å²) in [5, 5.41) is 14.7. The molecule has 8 nitrogen and oxygen atoms in total. The summed E-state index contributed by atoms with van der Waals surface area (Å²) in [6.07, 6.45) is 2.99. The highest BCUT2D eigenvalue weighted by Gasteiger charge is 2.22. The van der Waals surface area contributed by atoms with Crippen molar-refractivity contribution in [3.63, 3.8) is 0 Å². The molecule has 1 amide bonds. The molecule has 1 aliphatic carbocycles. The second-order valence-electron chi connectivity index (χ2n) is 6.55. The van der Waals surface area contributed by atoms with Crippen LogP contribution in [0.2, 0.25) is 0 Å². The van der Waals surface area contributed by atoms with E-state index in [1.165, 1.54) is 39.4 Å². The highest BCUT2D eigenvalue weighted by molar-refractivity contribution is 9.10. The smallest absolute Gasteiger partial charge is 0.270 e. The number of nitrogens with zero attached hydrogens (tertiary/aromatic N) is 3. The maximum atomic E-state index is 12.8. The lowest BCUT2D eigenvalue weighted by atomic mass is 10.2. The molecule has 0 aliphatic heterocycles. The first-order chi connectivity index (χ1) is 13.8. The Kier molecular flexibility index (Phi) is 5.45. The number of halogens is 1. The van der Waals surface area contributed by atoms with Gasteiger partial charge in [0, 0.05) is 28.5 Å². The lowest BCUT2D eigenvalue weighted by molar-refractivity contribution is -0.384. The van der Waals surface area contributed by atoms with Gasteiger partial charge in [-0.05, 0) is 46.8 Å². The monoisotopic (exact) mass is 494 g/mol. The van der Waals surface area contributed by atoms with Crippen molar-refractivity contribution in [2.75, 3.05) is 11.1 Å². The zero-order chi connectivity index (χ0) is 20.7. The van der Waals surface area contributed by atoms with Crippen LogP contribution in [0.25, 0.3) is 10.2 Å². The first-order valence-corrected chi connectivity index (χ1v) is 11.3. The number of benzene rings is 1. The molecule has 2 heterocycles. The van der Waals surface area contributed by atoms with Crippen LogP contribution in [0.5, 0.6) is 0 Å². The zero-order valence-electron chi connectivity index (χ0n) is 15.2. The Balaban J connectivity index is 1.50. The van der Waals surface area contributed by atoms with E-state index < -0.39 is 4.92 Å². The summed E-state index contributed by atoms with van der Waals surface area (Å²) in [5.74, 6) is -0.243. The molecular weight excluding hydrogens is 480 g/mol. The number of anilines is 1. The fourth-order valence-electron chi connectivity index (χ4n) is 3.27. The molecule has 0 radical (unpaired) electrons. The first-order valence-electron chi connectivity index (χ1n) is 8.73. The van der Waals surface area contributed by atoms with Crippen molar-refractivity contribution in [1.29, 1.82) is 0 Å². The fourth-order valence-corrected chi connectivity index (χ4v) is 5.81. The Labute approximate surface area is 181 Å². The first kappa shape index (κ1) is 20.0. The quantitative estimate of drug-likeness (QED) is 0.249. The van der Waals surface area contributed by atoms with E-state index in [9.17, 15) is 19.7 Å². The van der Waals surface area contributed by atoms with Crippen LogP contribution < -0.4 is 10.9 Å². The molecule has 0 unspecified atom stereocenters. The maximum absolute atomic E-state index is 12.8. The van der Waals surface area contributed by atoms with Crippen molar-refractivity contribution in [3.8, 4) is 0 Å². The third kappa shape index (κ3) is 3.81. The Morgan fingerprint density at radius 1 is 1.45 bits per heavy atom. The van der Waals surface area contributed by atoms with E-state index in [0.29, 0.717) is 20.7 Å². The van der Waals surface area contributed by atoms with Crippen molar-refractivity contribution in [1.82, 2.24) is 9.55 Å². The van der Waals surface area contributed by atoms with Crippen LogP contribution in [0.1, 0.15) is 16.9 Å². The minimum atomic E-state index is -0.505. The van der Waals surface area contributed by atoms with E-state index in [1.54, 1.807) is 18.4 Å². The van der Waals surface area contributed by atoms with Gasteiger partial charge in [0.1, 0.15) is 4.83 Å². The average molecular weight is 495 g/mol. The van der Waals surface area contributed by atoms with Gasteiger partial charge in [0.05, 0.1) is 21.7 Å². The van der Waals surface area contributed by atoms with Gasteiger partial charge in [-0.2, -0.15) is 0 Å². The summed E-state index contributed by atoms with van der Waals surface area (Å²) >= 11 is 5.97. The maximum Gasteiger partial charge on any atom is 0.270 e. The molecule has 3 aromatic rings. The fraction of sp³-hybridized carbons (Fsp3) is 0.278. The highest BCUT2D eigenvalue weighted by Crippen LogP contribution is 2.35. The minimum Gasteiger partial charge on any atom is -0.324 e. The predicted molar refractivity (Wildman–Crippen MR) is 117 cm³/mol. The number of carbonyl (C=O) groups excluding carboxylic acids is 1. The number of hydrogen-bond acceptors (Lipinski definition) is 7. The van der Waals surface area contributed by atoms with Crippen LogP contribution in [0.3, 0.4) is 0 Å². The SMILES string of the molecule is Cn1c(SCC(=O)Nc2ccc([N+](=O)[O-])cc2Br)nc2sc3c(c2c1=O)CCC3. The lowest BCUT2D eigenvalue weighted by Crippen LogP contribution is -2.21. The van der Waals surface area contributed by atoms with Gasteiger partial charge in [0.2, 0.25) is 5.91 Å². The number of rotatable bonds is 5. The van der Waals surface area contributed by atoms with Crippen molar-refractivity contribution in [2.45, 2.75) is 24.4 Å². The number of non-ortho nitro benzene ring substituents is 1. The van der Waals surface area contributed by atoms with Crippen molar-refractivity contribution >= 4 is 66.5 Å². The zero-order valence-corrected chi connectivity index (χ0v) is 18.4. The van der Waals surface area contributed by atoms with E-state index in [0.717, 1.165) is 29.7 Å². The van der Waals surface area contributed by atoms with Gasteiger partial charge in [0.25, 0.3) is 11.2 Å². The molecule has 1 aliphatic rings. The van der Waals surface area contributed by atoms with Crippen molar-refractivity contribution in [2.24, 2.45) is 7.05 Å². The van der Waals surface area contributed by atoms with Gasteiger partial charge in [-0.15, -0.1) is 11.3 Å². The van der Waals surface area contributed by atoms with Gasteiger partial charge in [-0.3, -0.25) is 24.3 Å². The second kappa shape index (κ2) is 7.88.